The lowest BCUT2D eigenvalue weighted by atomic mass is 9.83. The fraction of sp³-hybridized carbons (Fsp3) is 0.438. The summed E-state index contributed by atoms with van der Waals surface area (Å²) in [5.74, 6) is -1.28. The molecule has 2 atom stereocenters. The number of fused-ring (bicyclic) bond motifs is 1. The topological polar surface area (TPSA) is 89.8 Å². The fourth-order valence-electron chi connectivity index (χ4n) is 3.34. The Bertz CT molecular complexity index is 844. The summed E-state index contributed by atoms with van der Waals surface area (Å²) >= 11 is 5.01. The van der Waals surface area contributed by atoms with Crippen molar-refractivity contribution in [3.63, 3.8) is 0 Å². The van der Waals surface area contributed by atoms with E-state index in [9.17, 15) is 14.0 Å². The second-order valence-electron chi connectivity index (χ2n) is 6.04. The average Bonchev–Trinajstić information content (AvgIpc) is 2.93. The highest BCUT2D eigenvalue weighted by Gasteiger charge is 2.32. The number of imidazole rings is 1. The Balaban J connectivity index is 1.89. The molecule has 3 rings (SSSR count). The van der Waals surface area contributed by atoms with Gasteiger partial charge in [-0.15, -0.1) is 0 Å². The van der Waals surface area contributed by atoms with Crippen LogP contribution in [-0.4, -0.2) is 34.9 Å². The number of aromatic nitrogens is 2. The molecule has 1 saturated carbocycles. The van der Waals surface area contributed by atoms with Crippen molar-refractivity contribution in [1.29, 1.82) is 0 Å². The minimum Gasteiger partial charge on any atom is -0.359 e. The zero-order valence-electron chi connectivity index (χ0n) is 13.2. The molecule has 2 amide bonds. The lowest BCUT2D eigenvalue weighted by Crippen LogP contribution is -2.47. The van der Waals surface area contributed by atoms with Gasteiger partial charge in [0.25, 0.3) is 5.91 Å². The fourth-order valence-corrected chi connectivity index (χ4v) is 3.55. The van der Waals surface area contributed by atoms with Crippen molar-refractivity contribution in [1.82, 2.24) is 20.6 Å². The number of benzene rings is 1. The number of carbonyl (C=O) groups excluding carboxylic acids is 2. The van der Waals surface area contributed by atoms with Gasteiger partial charge in [0.1, 0.15) is 5.82 Å². The molecule has 128 valence electrons. The number of aromatic amines is 2. The first-order valence-electron chi connectivity index (χ1n) is 7.93. The van der Waals surface area contributed by atoms with Crippen LogP contribution in [0.5, 0.6) is 0 Å². The monoisotopic (exact) mass is 350 g/mol. The maximum Gasteiger partial charge on any atom is 0.253 e. The number of rotatable bonds is 3. The molecule has 2 aromatic rings. The molecule has 8 heteroatoms. The first-order valence-corrected chi connectivity index (χ1v) is 8.34. The quantitative estimate of drug-likeness (QED) is 0.641. The predicted molar refractivity (Wildman–Crippen MR) is 90.7 cm³/mol. The van der Waals surface area contributed by atoms with Crippen LogP contribution < -0.4 is 10.6 Å². The highest BCUT2D eigenvalue weighted by molar-refractivity contribution is 7.71. The predicted octanol–water partition coefficient (Wildman–Crippen LogP) is 2.40. The molecule has 0 saturated heterocycles. The number of nitrogens with one attached hydrogen (secondary N) is 4. The van der Waals surface area contributed by atoms with Crippen LogP contribution in [0.2, 0.25) is 0 Å². The van der Waals surface area contributed by atoms with Crippen molar-refractivity contribution < 1.29 is 14.0 Å². The van der Waals surface area contributed by atoms with Crippen molar-refractivity contribution in [2.75, 3.05) is 7.05 Å². The second kappa shape index (κ2) is 6.72. The third-order valence-corrected chi connectivity index (χ3v) is 4.70. The molecule has 0 spiro atoms. The summed E-state index contributed by atoms with van der Waals surface area (Å²) in [4.78, 5) is 30.4. The van der Waals surface area contributed by atoms with Gasteiger partial charge in [0.15, 0.2) is 4.77 Å². The second-order valence-corrected chi connectivity index (χ2v) is 6.45. The van der Waals surface area contributed by atoms with Crippen molar-refractivity contribution in [3.8, 4) is 0 Å². The standard InChI is InChI=1S/C16H19FN4O2S/c1-18-14(22)9-4-2-3-5-11(9)19-15(23)10-6-8(17)7-12-13(10)21-16(24)20-12/h6-7,9,11H,2-5H2,1H3,(H,18,22)(H,19,23)(H2,20,21,24). The molecule has 0 radical (unpaired) electrons. The van der Waals surface area contributed by atoms with Gasteiger partial charge in [-0.1, -0.05) is 12.8 Å². The Kier molecular flexibility index (Phi) is 4.66. The summed E-state index contributed by atoms with van der Waals surface area (Å²) in [7, 11) is 1.59. The van der Waals surface area contributed by atoms with Crippen LogP contribution in [0, 0.1) is 16.5 Å². The molecular weight excluding hydrogens is 331 g/mol. The smallest absolute Gasteiger partial charge is 0.253 e. The Morgan fingerprint density at radius 3 is 2.75 bits per heavy atom. The number of amides is 2. The molecule has 4 N–H and O–H groups in total. The summed E-state index contributed by atoms with van der Waals surface area (Å²) in [6.07, 6.45) is 3.37. The SMILES string of the molecule is CNC(=O)C1CCCCC1NC(=O)c1cc(F)cc2[nH]c(=S)[nH]c12. The number of carbonyl (C=O) groups is 2. The van der Waals surface area contributed by atoms with Crippen LogP contribution >= 0.6 is 12.2 Å². The zero-order valence-corrected chi connectivity index (χ0v) is 14.1. The average molecular weight is 350 g/mol. The molecule has 24 heavy (non-hydrogen) atoms. The minimum atomic E-state index is -0.524. The summed E-state index contributed by atoms with van der Waals surface area (Å²) in [5.41, 5.74) is 1.08. The Hall–Kier alpha value is -2.22. The first kappa shape index (κ1) is 16.6. The third-order valence-electron chi connectivity index (χ3n) is 4.50. The Labute approximate surface area is 143 Å². The van der Waals surface area contributed by atoms with Gasteiger partial charge in [-0.2, -0.15) is 0 Å². The van der Waals surface area contributed by atoms with Gasteiger partial charge in [-0.3, -0.25) is 9.59 Å². The van der Waals surface area contributed by atoms with E-state index in [0.717, 1.165) is 25.7 Å². The highest BCUT2D eigenvalue weighted by atomic mass is 32.1. The molecule has 1 fully saturated rings. The van der Waals surface area contributed by atoms with E-state index in [1.807, 2.05) is 0 Å². The highest BCUT2D eigenvalue weighted by Crippen LogP contribution is 2.26. The molecule has 6 nitrogen and oxygen atoms in total. The Morgan fingerprint density at radius 1 is 1.25 bits per heavy atom. The van der Waals surface area contributed by atoms with Crippen LogP contribution in [0.15, 0.2) is 12.1 Å². The third kappa shape index (κ3) is 3.19. The minimum absolute atomic E-state index is 0.0783. The summed E-state index contributed by atoms with van der Waals surface area (Å²) in [5, 5.41) is 5.54. The van der Waals surface area contributed by atoms with Crippen LogP contribution in [0.25, 0.3) is 11.0 Å². The van der Waals surface area contributed by atoms with E-state index in [4.69, 9.17) is 12.2 Å². The van der Waals surface area contributed by atoms with Gasteiger partial charge in [-0.05, 0) is 37.2 Å². The van der Waals surface area contributed by atoms with Gasteiger partial charge in [0, 0.05) is 13.1 Å². The van der Waals surface area contributed by atoms with E-state index in [0.29, 0.717) is 15.8 Å². The van der Waals surface area contributed by atoms with Gasteiger partial charge in [0.2, 0.25) is 5.91 Å². The summed E-state index contributed by atoms with van der Waals surface area (Å²) in [6, 6.07) is 2.20. The summed E-state index contributed by atoms with van der Waals surface area (Å²) < 4.78 is 14.1. The molecule has 2 unspecified atom stereocenters. The molecular formula is C16H19FN4O2S. The molecule has 0 aliphatic heterocycles. The van der Waals surface area contributed by atoms with Crippen molar-refractivity contribution >= 4 is 35.1 Å². The normalized spacial score (nSPS) is 20.8. The van der Waals surface area contributed by atoms with E-state index in [-0.39, 0.29) is 23.4 Å². The van der Waals surface area contributed by atoms with Crippen LogP contribution in [0.1, 0.15) is 36.0 Å². The van der Waals surface area contributed by atoms with Crippen molar-refractivity contribution in [3.05, 3.63) is 28.3 Å². The van der Waals surface area contributed by atoms with E-state index in [1.54, 1.807) is 7.05 Å². The maximum absolute atomic E-state index is 13.8. The molecule has 1 aliphatic rings. The van der Waals surface area contributed by atoms with Gasteiger partial charge in [-0.25, -0.2) is 4.39 Å². The molecule has 1 aromatic heterocycles. The molecule has 0 bridgehead atoms. The molecule has 1 aliphatic carbocycles. The van der Waals surface area contributed by atoms with Crippen LogP contribution in [-0.2, 0) is 4.79 Å². The Morgan fingerprint density at radius 2 is 2.00 bits per heavy atom. The van der Waals surface area contributed by atoms with Crippen LogP contribution in [0.3, 0.4) is 0 Å². The number of halogens is 1. The van der Waals surface area contributed by atoms with Gasteiger partial charge in [0.05, 0.1) is 22.5 Å². The summed E-state index contributed by atoms with van der Waals surface area (Å²) in [6.45, 7) is 0. The largest absolute Gasteiger partial charge is 0.359 e. The van der Waals surface area contributed by atoms with Gasteiger partial charge >= 0.3 is 0 Å². The number of hydrogen-bond donors (Lipinski definition) is 4. The van der Waals surface area contributed by atoms with E-state index >= 15 is 0 Å². The van der Waals surface area contributed by atoms with Crippen molar-refractivity contribution in [2.24, 2.45) is 5.92 Å². The van der Waals surface area contributed by atoms with E-state index in [1.165, 1.54) is 12.1 Å². The number of hydrogen-bond acceptors (Lipinski definition) is 3. The maximum atomic E-state index is 13.8. The zero-order chi connectivity index (χ0) is 17.3. The van der Waals surface area contributed by atoms with Gasteiger partial charge < -0.3 is 20.6 Å². The molecule has 1 aromatic carbocycles. The lowest BCUT2D eigenvalue weighted by molar-refractivity contribution is -0.126. The van der Waals surface area contributed by atoms with Crippen LogP contribution in [0.4, 0.5) is 4.39 Å². The van der Waals surface area contributed by atoms with E-state index in [2.05, 4.69) is 20.6 Å². The van der Waals surface area contributed by atoms with E-state index < -0.39 is 11.7 Å². The first-order chi connectivity index (χ1) is 11.5. The number of H-pyrrole nitrogens is 2. The lowest BCUT2D eigenvalue weighted by Gasteiger charge is -2.30. The molecule has 1 heterocycles. The van der Waals surface area contributed by atoms with Crippen molar-refractivity contribution in [2.45, 2.75) is 31.7 Å².